The van der Waals surface area contributed by atoms with E-state index in [9.17, 15) is 4.79 Å². The molecule has 1 saturated carbocycles. The van der Waals surface area contributed by atoms with Gasteiger partial charge in [0.25, 0.3) is 5.91 Å². The Balaban J connectivity index is 1.92. The number of hydrogen-bond donors (Lipinski definition) is 2. The largest absolute Gasteiger partial charge is 0.384 e. The van der Waals surface area contributed by atoms with Crippen LogP contribution in [0.2, 0.25) is 0 Å². The zero-order valence-electron chi connectivity index (χ0n) is 12.6. The molecule has 1 fully saturated rings. The van der Waals surface area contributed by atoms with Gasteiger partial charge in [-0.25, -0.2) is 0 Å². The van der Waals surface area contributed by atoms with Gasteiger partial charge in [-0.15, -0.1) is 0 Å². The number of aliphatic hydroxyl groups excluding tert-OH is 1. The Morgan fingerprint density at radius 2 is 2.14 bits per heavy atom. The molecule has 0 bridgehead atoms. The Morgan fingerprint density at radius 1 is 1.38 bits per heavy atom. The van der Waals surface area contributed by atoms with Crippen LogP contribution in [-0.2, 0) is 0 Å². The zero-order chi connectivity index (χ0) is 15.1. The van der Waals surface area contributed by atoms with Crippen LogP contribution in [0.5, 0.6) is 0 Å². The zero-order valence-corrected chi connectivity index (χ0v) is 12.6. The van der Waals surface area contributed by atoms with Gasteiger partial charge in [0.05, 0.1) is 0 Å². The number of hydrogen-bond acceptors (Lipinski definition) is 2. The highest BCUT2D eigenvalue weighted by molar-refractivity contribution is 5.94. The predicted octanol–water partition coefficient (Wildman–Crippen LogP) is 2.65. The molecule has 0 atom stereocenters. The average Bonchev–Trinajstić information content (AvgIpc) is 2.99. The van der Waals surface area contributed by atoms with Crippen molar-refractivity contribution >= 4 is 5.91 Å². The molecule has 1 aromatic rings. The number of rotatable bonds is 4. The molecule has 0 aliphatic heterocycles. The molecule has 21 heavy (non-hydrogen) atoms. The standard InChI is InChI=1S/C18H23NO2/c1-14-8-9-17(13-16(14)7-4-12-20)18(21)19-11-10-15-5-2-3-6-15/h8-9,13,15,20H,2-3,5-6,10-12H2,1H3,(H,19,21). The molecule has 0 spiro atoms. The Kier molecular flexibility index (Phi) is 5.83. The molecule has 1 aromatic carbocycles. The molecule has 112 valence electrons. The SMILES string of the molecule is Cc1ccc(C(=O)NCCC2CCCC2)cc1C#CCO. The number of nitrogens with one attached hydrogen (secondary N) is 1. The Hall–Kier alpha value is -1.79. The van der Waals surface area contributed by atoms with Gasteiger partial charge >= 0.3 is 0 Å². The second kappa shape index (κ2) is 7.85. The lowest BCUT2D eigenvalue weighted by Crippen LogP contribution is -2.25. The van der Waals surface area contributed by atoms with Crippen molar-refractivity contribution in [2.24, 2.45) is 5.92 Å². The van der Waals surface area contributed by atoms with Gasteiger partial charge in [-0.05, 0) is 37.0 Å². The number of amides is 1. The smallest absolute Gasteiger partial charge is 0.251 e. The number of aryl methyl sites for hydroxylation is 1. The van der Waals surface area contributed by atoms with Gasteiger partial charge in [-0.2, -0.15) is 0 Å². The molecule has 1 amide bonds. The van der Waals surface area contributed by atoms with Gasteiger partial charge in [0.1, 0.15) is 6.61 Å². The van der Waals surface area contributed by atoms with Crippen molar-refractivity contribution in [3.8, 4) is 11.8 Å². The minimum absolute atomic E-state index is 0.0416. The van der Waals surface area contributed by atoms with Gasteiger partial charge in [0.2, 0.25) is 0 Å². The first-order chi connectivity index (χ1) is 10.2. The van der Waals surface area contributed by atoms with Crippen molar-refractivity contribution in [2.45, 2.75) is 39.0 Å². The van der Waals surface area contributed by atoms with Gasteiger partial charge in [0.15, 0.2) is 0 Å². The Bertz CT molecular complexity index is 548. The third-order valence-corrected chi connectivity index (χ3v) is 4.11. The predicted molar refractivity (Wildman–Crippen MR) is 84.1 cm³/mol. The van der Waals surface area contributed by atoms with Gasteiger partial charge in [0, 0.05) is 17.7 Å². The van der Waals surface area contributed by atoms with Crippen LogP contribution >= 0.6 is 0 Å². The molecule has 2 N–H and O–H groups in total. The third kappa shape index (κ3) is 4.61. The Morgan fingerprint density at radius 3 is 2.86 bits per heavy atom. The highest BCUT2D eigenvalue weighted by Gasteiger charge is 2.15. The lowest BCUT2D eigenvalue weighted by atomic mass is 10.0. The molecular weight excluding hydrogens is 262 g/mol. The molecule has 2 rings (SSSR count). The number of carbonyl (C=O) groups is 1. The normalized spacial score (nSPS) is 14.6. The topological polar surface area (TPSA) is 49.3 Å². The molecule has 0 heterocycles. The fraction of sp³-hybridized carbons (Fsp3) is 0.500. The first kappa shape index (κ1) is 15.6. The van der Waals surface area contributed by atoms with Crippen LogP contribution in [0.3, 0.4) is 0 Å². The summed E-state index contributed by atoms with van der Waals surface area (Å²) >= 11 is 0. The van der Waals surface area contributed by atoms with E-state index in [-0.39, 0.29) is 12.5 Å². The van der Waals surface area contributed by atoms with Crippen LogP contribution in [0.4, 0.5) is 0 Å². The maximum Gasteiger partial charge on any atom is 0.251 e. The number of carbonyl (C=O) groups excluding carboxylic acids is 1. The van der Waals surface area contributed by atoms with E-state index in [1.807, 2.05) is 19.1 Å². The summed E-state index contributed by atoms with van der Waals surface area (Å²) in [5, 5.41) is 11.8. The fourth-order valence-corrected chi connectivity index (χ4v) is 2.82. The van der Waals surface area contributed by atoms with E-state index in [2.05, 4.69) is 17.2 Å². The summed E-state index contributed by atoms with van der Waals surface area (Å²) < 4.78 is 0. The number of aliphatic hydroxyl groups is 1. The second-order valence-corrected chi connectivity index (χ2v) is 5.68. The van der Waals surface area contributed by atoms with Crippen molar-refractivity contribution in [3.63, 3.8) is 0 Å². The highest BCUT2D eigenvalue weighted by atomic mass is 16.2. The van der Waals surface area contributed by atoms with Crippen LogP contribution in [0.1, 0.15) is 53.6 Å². The van der Waals surface area contributed by atoms with Gasteiger partial charge < -0.3 is 10.4 Å². The van der Waals surface area contributed by atoms with Crippen molar-refractivity contribution < 1.29 is 9.90 Å². The molecule has 0 saturated heterocycles. The lowest BCUT2D eigenvalue weighted by Gasteiger charge is -2.10. The first-order valence-corrected chi connectivity index (χ1v) is 7.69. The van der Waals surface area contributed by atoms with Crippen LogP contribution < -0.4 is 5.32 Å². The summed E-state index contributed by atoms with van der Waals surface area (Å²) in [6.07, 6.45) is 6.37. The second-order valence-electron chi connectivity index (χ2n) is 5.68. The molecule has 1 aliphatic carbocycles. The van der Waals surface area contributed by atoms with Crippen LogP contribution in [0.25, 0.3) is 0 Å². The molecule has 0 unspecified atom stereocenters. The lowest BCUT2D eigenvalue weighted by molar-refractivity contribution is 0.0951. The number of benzene rings is 1. The third-order valence-electron chi connectivity index (χ3n) is 4.11. The van der Waals surface area contributed by atoms with Crippen molar-refractivity contribution in [1.82, 2.24) is 5.32 Å². The Labute approximate surface area is 126 Å². The summed E-state index contributed by atoms with van der Waals surface area (Å²) in [5.41, 5.74) is 2.44. The maximum atomic E-state index is 12.1. The van der Waals surface area contributed by atoms with Gasteiger partial charge in [-0.1, -0.05) is 43.6 Å². The minimum Gasteiger partial charge on any atom is -0.384 e. The first-order valence-electron chi connectivity index (χ1n) is 7.69. The van der Waals surface area contributed by atoms with Crippen molar-refractivity contribution in [3.05, 3.63) is 34.9 Å². The van der Waals surface area contributed by atoms with Crippen LogP contribution in [-0.4, -0.2) is 24.2 Å². The van der Waals surface area contributed by atoms with E-state index in [1.165, 1.54) is 25.7 Å². The van der Waals surface area contributed by atoms with E-state index in [4.69, 9.17) is 5.11 Å². The van der Waals surface area contributed by atoms with E-state index >= 15 is 0 Å². The minimum atomic E-state index is -0.169. The molecule has 3 nitrogen and oxygen atoms in total. The highest BCUT2D eigenvalue weighted by Crippen LogP contribution is 2.26. The summed E-state index contributed by atoms with van der Waals surface area (Å²) in [7, 11) is 0. The molecule has 0 aromatic heterocycles. The summed E-state index contributed by atoms with van der Waals surface area (Å²) in [5.74, 6) is 6.25. The van der Waals surface area contributed by atoms with Gasteiger partial charge in [-0.3, -0.25) is 4.79 Å². The van der Waals surface area contributed by atoms with E-state index in [0.717, 1.165) is 30.0 Å². The van der Waals surface area contributed by atoms with Crippen molar-refractivity contribution in [2.75, 3.05) is 13.2 Å². The monoisotopic (exact) mass is 285 g/mol. The van der Waals surface area contributed by atoms with Crippen molar-refractivity contribution in [1.29, 1.82) is 0 Å². The van der Waals surface area contributed by atoms with Crippen LogP contribution in [0.15, 0.2) is 18.2 Å². The molecule has 0 radical (unpaired) electrons. The average molecular weight is 285 g/mol. The van der Waals surface area contributed by atoms with E-state index in [1.54, 1.807) is 6.07 Å². The van der Waals surface area contributed by atoms with Crippen LogP contribution in [0, 0.1) is 24.7 Å². The molecule has 3 heteroatoms. The fourth-order valence-electron chi connectivity index (χ4n) is 2.82. The summed E-state index contributed by atoms with van der Waals surface area (Å²) in [6, 6.07) is 5.51. The summed E-state index contributed by atoms with van der Waals surface area (Å²) in [6.45, 7) is 2.52. The molecular formula is C18H23NO2. The summed E-state index contributed by atoms with van der Waals surface area (Å²) in [4.78, 5) is 12.1. The quantitative estimate of drug-likeness (QED) is 0.836. The molecule has 1 aliphatic rings. The van der Waals surface area contributed by atoms with E-state index < -0.39 is 0 Å². The maximum absolute atomic E-state index is 12.1. The van der Waals surface area contributed by atoms with E-state index in [0.29, 0.717) is 5.56 Å².